The van der Waals surface area contributed by atoms with E-state index in [1.165, 1.54) is 0 Å². The van der Waals surface area contributed by atoms with Crippen LogP contribution in [0.3, 0.4) is 0 Å². The Balaban J connectivity index is 2.24. The molecule has 2 rings (SSSR count). The quantitative estimate of drug-likeness (QED) is 0.316. The largest absolute Gasteiger partial charge is 0.476 e. The first-order chi connectivity index (χ1) is 12.2. The molecule has 26 heavy (non-hydrogen) atoms. The highest BCUT2D eigenvalue weighted by molar-refractivity contribution is 5.72. The number of ether oxygens (including phenoxy) is 3. The number of carbonyl (C=O) groups excluding carboxylic acids is 1. The molecule has 0 aromatic heterocycles. The summed E-state index contributed by atoms with van der Waals surface area (Å²) in [6.45, 7) is 8.08. The van der Waals surface area contributed by atoms with Gasteiger partial charge < -0.3 is 19.3 Å². The highest BCUT2D eigenvalue weighted by Crippen LogP contribution is 2.39. The van der Waals surface area contributed by atoms with Crippen LogP contribution in [-0.4, -0.2) is 35.0 Å². The molecule has 8 heteroatoms. The molecule has 3 unspecified atom stereocenters. The van der Waals surface area contributed by atoms with Gasteiger partial charge in [0.1, 0.15) is 5.92 Å². The Bertz CT molecular complexity index is 560. The monoisotopic (exact) mass is 371 g/mol. The van der Waals surface area contributed by atoms with Crippen LogP contribution in [0.1, 0.15) is 53.4 Å². The minimum Gasteiger partial charge on any atom is -0.476 e. The van der Waals surface area contributed by atoms with Gasteiger partial charge in [-0.05, 0) is 37.5 Å². The number of carbonyl (C=O) groups is 1. The number of aliphatic hydroxyl groups excluding tert-OH is 1. The van der Waals surface area contributed by atoms with Gasteiger partial charge in [0.15, 0.2) is 0 Å². The molecule has 0 aromatic carbocycles. The van der Waals surface area contributed by atoms with E-state index in [1.807, 2.05) is 0 Å². The topological polar surface area (TPSA) is 108 Å². The van der Waals surface area contributed by atoms with Crippen molar-refractivity contribution in [1.29, 1.82) is 0 Å². The molecule has 1 aliphatic heterocycles. The highest BCUT2D eigenvalue weighted by atomic mass is 16.7. The van der Waals surface area contributed by atoms with E-state index in [-0.39, 0.29) is 19.1 Å². The fraction of sp³-hybridized carbons (Fsp3) is 0.833. The van der Waals surface area contributed by atoms with Crippen molar-refractivity contribution < 1.29 is 29.0 Å². The third-order valence-electron chi connectivity index (χ3n) is 5.28. The van der Waals surface area contributed by atoms with Gasteiger partial charge in [-0.25, -0.2) is 0 Å². The van der Waals surface area contributed by atoms with Crippen LogP contribution < -0.4 is 0 Å². The molecule has 2 aliphatic rings. The normalized spacial score (nSPS) is 33.0. The number of hydrogen-bond acceptors (Lipinski definition) is 7. The molecule has 8 nitrogen and oxygen atoms in total. The van der Waals surface area contributed by atoms with Crippen LogP contribution >= 0.6 is 0 Å². The summed E-state index contributed by atoms with van der Waals surface area (Å²) in [4.78, 5) is 22.6. The fourth-order valence-corrected chi connectivity index (χ4v) is 3.91. The van der Waals surface area contributed by atoms with Gasteiger partial charge in [0, 0.05) is 0 Å². The molecule has 0 amide bonds. The van der Waals surface area contributed by atoms with Gasteiger partial charge >= 0.3 is 17.6 Å². The van der Waals surface area contributed by atoms with Gasteiger partial charge in [-0.15, -0.1) is 0 Å². The molecule has 5 atom stereocenters. The Labute approximate surface area is 153 Å². The fourth-order valence-electron chi connectivity index (χ4n) is 3.91. The van der Waals surface area contributed by atoms with Gasteiger partial charge in [0.05, 0.1) is 24.1 Å². The Morgan fingerprint density at radius 3 is 2.69 bits per heavy atom. The Morgan fingerprint density at radius 1 is 1.42 bits per heavy atom. The third-order valence-corrected chi connectivity index (χ3v) is 5.28. The molecule has 0 aromatic rings. The SMILES string of the molecule is CCO/C(O)=C(\[C@@H]1CC(=O)O[C@H]1OC1CC(C)CCC1C(C)C)[N+](=O)[O-]. The van der Waals surface area contributed by atoms with Crippen LogP contribution in [0.5, 0.6) is 0 Å². The Kier molecular flexibility index (Phi) is 6.86. The zero-order valence-corrected chi connectivity index (χ0v) is 15.8. The van der Waals surface area contributed by atoms with Crippen molar-refractivity contribution in [3.63, 3.8) is 0 Å². The first-order valence-corrected chi connectivity index (χ1v) is 9.29. The van der Waals surface area contributed by atoms with E-state index >= 15 is 0 Å². The van der Waals surface area contributed by atoms with Crippen molar-refractivity contribution in [3.8, 4) is 0 Å². The standard InChI is InChI=1S/C18H29NO7/c1-5-24-17(21)16(19(22)23)13-9-15(20)26-18(13)25-14-8-11(4)6-7-12(14)10(2)3/h10-14,18,21H,5-9H2,1-4H3/b17-16+/t11?,12?,13-,14?,18+/m0/s1. The number of nitro groups is 1. The van der Waals surface area contributed by atoms with Crippen molar-refractivity contribution in [2.45, 2.75) is 65.8 Å². The van der Waals surface area contributed by atoms with E-state index in [1.54, 1.807) is 6.92 Å². The van der Waals surface area contributed by atoms with E-state index in [2.05, 4.69) is 20.8 Å². The van der Waals surface area contributed by atoms with Crippen molar-refractivity contribution in [3.05, 3.63) is 21.8 Å². The van der Waals surface area contributed by atoms with E-state index < -0.39 is 34.7 Å². The predicted molar refractivity (Wildman–Crippen MR) is 92.5 cm³/mol. The number of esters is 1. The van der Waals surface area contributed by atoms with E-state index in [0.29, 0.717) is 17.8 Å². The molecular formula is C18H29NO7. The lowest BCUT2D eigenvalue weighted by molar-refractivity contribution is -0.443. The molecule has 2 fully saturated rings. The van der Waals surface area contributed by atoms with Crippen LogP contribution in [0, 0.1) is 33.8 Å². The first kappa shape index (κ1) is 20.5. The maximum Gasteiger partial charge on any atom is 0.354 e. The molecule has 1 aliphatic carbocycles. The lowest BCUT2D eigenvalue weighted by Crippen LogP contribution is -2.39. The zero-order chi connectivity index (χ0) is 19.4. The summed E-state index contributed by atoms with van der Waals surface area (Å²) in [5.41, 5.74) is -0.562. The van der Waals surface area contributed by atoms with Crippen LogP contribution in [-0.2, 0) is 19.0 Å². The second-order valence-corrected chi connectivity index (χ2v) is 7.55. The summed E-state index contributed by atoms with van der Waals surface area (Å²) in [6.07, 6.45) is 1.51. The van der Waals surface area contributed by atoms with Crippen LogP contribution in [0.2, 0.25) is 0 Å². The summed E-state index contributed by atoms with van der Waals surface area (Å²) >= 11 is 0. The number of rotatable bonds is 7. The third kappa shape index (κ3) is 4.66. The number of nitrogens with zero attached hydrogens (tertiary/aromatic N) is 1. The van der Waals surface area contributed by atoms with Crippen LogP contribution in [0.4, 0.5) is 0 Å². The van der Waals surface area contributed by atoms with Gasteiger partial charge in [0.25, 0.3) is 0 Å². The van der Waals surface area contributed by atoms with Gasteiger partial charge in [-0.1, -0.05) is 27.2 Å². The molecule has 0 radical (unpaired) electrons. The first-order valence-electron chi connectivity index (χ1n) is 9.29. The van der Waals surface area contributed by atoms with Crippen molar-refractivity contribution in [1.82, 2.24) is 0 Å². The zero-order valence-electron chi connectivity index (χ0n) is 15.8. The van der Waals surface area contributed by atoms with E-state index in [4.69, 9.17) is 14.2 Å². The molecule has 1 N–H and O–H groups in total. The number of cyclic esters (lactones) is 1. The van der Waals surface area contributed by atoms with Crippen molar-refractivity contribution >= 4 is 5.97 Å². The molecule has 0 spiro atoms. The van der Waals surface area contributed by atoms with Gasteiger partial charge in [0.2, 0.25) is 6.29 Å². The second-order valence-electron chi connectivity index (χ2n) is 7.55. The maximum absolute atomic E-state index is 11.8. The second kappa shape index (κ2) is 8.70. The lowest BCUT2D eigenvalue weighted by Gasteiger charge is -2.38. The van der Waals surface area contributed by atoms with Gasteiger partial charge in [-0.3, -0.25) is 14.9 Å². The highest BCUT2D eigenvalue weighted by Gasteiger charge is 2.48. The smallest absolute Gasteiger partial charge is 0.354 e. The molecule has 1 heterocycles. The van der Waals surface area contributed by atoms with Crippen molar-refractivity contribution in [2.24, 2.45) is 23.7 Å². The summed E-state index contributed by atoms with van der Waals surface area (Å²) in [5.74, 6) is -1.18. The van der Waals surface area contributed by atoms with Crippen molar-refractivity contribution in [2.75, 3.05) is 6.61 Å². The minimum absolute atomic E-state index is 0.0752. The molecule has 148 valence electrons. The number of aliphatic hydroxyl groups is 1. The minimum atomic E-state index is -1.08. The molecule has 1 saturated heterocycles. The predicted octanol–water partition coefficient (Wildman–Crippen LogP) is 3.39. The van der Waals surface area contributed by atoms with E-state index in [9.17, 15) is 20.0 Å². The molecule has 1 saturated carbocycles. The maximum atomic E-state index is 11.8. The molecule has 0 bridgehead atoms. The summed E-state index contributed by atoms with van der Waals surface area (Å²) in [7, 11) is 0. The number of hydrogen-bond donors (Lipinski definition) is 1. The average molecular weight is 371 g/mol. The summed E-state index contributed by atoms with van der Waals surface area (Å²) in [5, 5.41) is 21.4. The van der Waals surface area contributed by atoms with E-state index in [0.717, 1.165) is 19.3 Å². The van der Waals surface area contributed by atoms with Crippen LogP contribution in [0.25, 0.3) is 0 Å². The summed E-state index contributed by atoms with van der Waals surface area (Å²) < 4.78 is 16.2. The van der Waals surface area contributed by atoms with Gasteiger partial charge in [-0.2, -0.15) is 0 Å². The average Bonchev–Trinajstić information content (AvgIpc) is 2.87. The lowest BCUT2D eigenvalue weighted by atomic mass is 9.75. The molecular weight excluding hydrogens is 342 g/mol. The Morgan fingerprint density at radius 2 is 2.12 bits per heavy atom. The van der Waals surface area contributed by atoms with Crippen LogP contribution in [0.15, 0.2) is 11.6 Å². The summed E-state index contributed by atoms with van der Waals surface area (Å²) in [6, 6.07) is 0. The Hall–Kier alpha value is -1.83.